The SMILES string of the molecule is C/C(=C\C(=C/c1ccccc1C)B(O)O)c1c(Cl)cc2c(N3CC4CCC(C3)N4)nc(OC[C@H](C)CN3C4CCC3COC4)nc2c1F. The van der Waals surface area contributed by atoms with E-state index in [2.05, 4.69) is 27.0 Å². The van der Waals surface area contributed by atoms with Gasteiger partial charge in [0.1, 0.15) is 11.3 Å². The molecule has 7 rings (SSSR count). The van der Waals surface area contributed by atoms with Gasteiger partial charge in [0.05, 0.1) is 24.8 Å². The molecule has 0 aliphatic carbocycles. The number of aromatic nitrogens is 2. The van der Waals surface area contributed by atoms with Gasteiger partial charge in [0.2, 0.25) is 0 Å². The quantitative estimate of drug-likeness (QED) is 0.201. The first-order valence-electron chi connectivity index (χ1n) is 17.1. The Balaban J connectivity index is 1.23. The maximum atomic E-state index is 16.8. The summed E-state index contributed by atoms with van der Waals surface area (Å²) in [4.78, 5) is 14.3. The normalized spacial score (nSPS) is 25.2. The zero-order valence-corrected chi connectivity index (χ0v) is 28.6. The molecule has 5 heterocycles. The van der Waals surface area contributed by atoms with Crippen molar-refractivity contribution in [2.24, 2.45) is 5.92 Å². The van der Waals surface area contributed by atoms with Crippen LogP contribution in [0.4, 0.5) is 10.2 Å². The van der Waals surface area contributed by atoms with E-state index in [4.69, 9.17) is 26.1 Å². The Kier molecular flexibility index (Phi) is 9.79. The summed E-state index contributed by atoms with van der Waals surface area (Å²) in [6, 6.07) is 11.1. The van der Waals surface area contributed by atoms with Gasteiger partial charge < -0.3 is 29.7 Å². The Hall–Kier alpha value is -3.06. The lowest BCUT2D eigenvalue weighted by Crippen LogP contribution is -2.51. The molecule has 1 aromatic heterocycles. The van der Waals surface area contributed by atoms with Gasteiger partial charge in [-0.15, -0.1) is 0 Å². The molecule has 0 amide bonds. The first kappa shape index (κ1) is 33.4. The van der Waals surface area contributed by atoms with Gasteiger partial charge in [0.15, 0.2) is 5.82 Å². The number of fused-ring (bicyclic) bond motifs is 5. The maximum absolute atomic E-state index is 16.8. The molecule has 5 atom stereocenters. The average molecular weight is 676 g/mol. The number of allylic oxidation sites excluding steroid dienone is 3. The summed E-state index contributed by atoms with van der Waals surface area (Å²) in [5.41, 5.74) is 2.72. The smallest absolute Gasteiger partial charge is 0.463 e. The Labute approximate surface area is 286 Å². The number of morpholine rings is 1. The molecule has 9 nitrogen and oxygen atoms in total. The van der Waals surface area contributed by atoms with Crippen molar-refractivity contribution >= 4 is 47.1 Å². The predicted molar refractivity (Wildman–Crippen MR) is 189 cm³/mol. The highest BCUT2D eigenvalue weighted by Gasteiger charge is 2.38. The zero-order chi connectivity index (χ0) is 33.5. The van der Waals surface area contributed by atoms with E-state index < -0.39 is 12.9 Å². The van der Waals surface area contributed by atoms with Crippen molar-refractivity contribution in [3.05, 3.63) is 69.4 Å². The Morgan fingerprint density at radius 1 is 1.15 bits per heavy atom. The molecule has 3 aromatic rings. The number of ether oxygens (including phenoxy) is 2. The molecule has 4 unspecified atom stereocenters. The maximum Gasteiger partial charge on any atom is 0.488 e. The highest BCUT2D eigenvalue weighted by atomic mass is 35.5. The Bertz CT molecular complexity index is 1710. The summed E-state index contributed by atoms with van der Waals surface area (Å²) < 4.78 is 28.8. The minimum Gasteiger partial charge on any atom is -0.463 e. The summed E-state index contributed by atoms with van der Waals surface area (Å²) >= 11 is 6.84. The third-order valence-corrected chi connectivity index (χ3v) is 10.7. The second kappa shape index (κ2) is 14.1. The number of aryl methyl sites for hydroxylation is 1. The molecular formula is C36H44BClFN5O4. The monoisotopic (exact) mass is 675 g/mol. The summed E-state index contributed by atoms with van der Waals surface area (Å²) in [7, 11) is -1.77. The largest absolute Gasteiger partial charge is 0.488 e. The number of nitrogens with one attached hydrogen (secondary N) is 1. The molecule has 48 heavy (non-hydrogen) atoms. The third kappa shape index (κ3) is 6.86. The molecule has 0 saturated carbocycles. The summed E-state index contributed by atoms with van der Waals surface area (Å²) in [6.07, 6.45) is 7.76. The van der Waals surface area contributed by atoms with Gasteiger partial charge in [-0.25, -0.2) is 4.39 Å². The summed E-state index contributed by atoms with van der Waals surface area (Å²) in [6.45, 7) is 10.2. The van der Waals surface area contributed by atoms with Gasteiger partial charge in [-0.3, -0.25) is 4.90 Å². The van der Waals surface area contributed by atoms with Gasteiger partial charge >= 0.3 is 13.1 Å². The molecule has 3 N–H and O–H groups in total. The van der Waals surface area contributed by atoms with Gasteiger partial charge in [0, 0.05) is 60.7 Å². The number of hydrogen-bond acceptors (Lipinski definition) is 9. The van der Waals surface area contributed by atoms with Crippen molar-refractivity contribution in [3.8, 4) is 6.01 Å². The molecule has 254 valence electrons. The van der Waals surface area contributed by atoms with Crippen molar-refractivity contribution in [1.29, 1.82) is 0 Å². The van der Waals surface area contributed by atoms with E-state index in [0.717, 1.165) is 56.8 Å². The van der Waals surface area contributed by atoms with Crippen LogP contribution >= 0.6 is 11.6 Å². The van der Waals surface area contributed by atoms with Crippen molar-refractivity contribution in [1.82, 2.24) is 20.2 Å². The van der Waals surface area contributed by atoms with Crippen LogP contribution in [0.1, 0.15) is 56.2 Å². The van der Waals surface area contributed by atoms with Crippen LogP contribution in [-0.2, 0) is 4.74 Å². The lowest BCUT2D eigenvalue weighted by atomic mass is 9.76. The van der Waals surface area contributed by atoms with E-state index in [1.54, 1.807) is 25.1 Å². The van der Waals surface area contributed by atoms with Gasteiger partial charge in [0.25, 0.3) is 0 Å². The molecule has 4 fully saturated rings. The van der Waals surface area contributed by atoms with Crippen molar-refractivity contribution < 1.29 is 23.9 Å². The number of hydrogen-bond donors (Lipinski definition) is 3. The molecule has 0 spiro atoms. The topological polar surface area (TPSA) is 103 Å². The highest BCUT2D eigenvalue weighted by Crippen LogP contribution is 2.38. The molecule has 4 saturated heterocycles. The van der Waals surface area contributed by atoms with Crippen molar-refractivity contribution in [2.45, 2.75) is 70.6 Å². The standard InChI is InChI=1S/C36H44BClFN5O4/c1-21(15-44-28-10-11-29(44)20-47-19-28)18-48-36-41-34-30(35(42-36)43-16-26-8-9-27(17-43)40-26)14-31(38)32(33(34)39)23(3)12-25(37(45)46)13-24-7-5-4-6-22(24)2/h4-7,12-14,21,26-29,40,45-46H,8-11,15-20H2,1-3H3/b23-12+,25-13+/t21-,26?,27?,28?,29?/m1/s1. The zero-order valence-electron chi connectivity index (χ0n) is 27.8. The summed E-state index contributed by atoms with van der Waals surface area (Å²) in [5, 5.41) is 24.8. The van der Waals surface area contributed by atoms with Crippen LogP contribution in [0.2, 0.25) is 5.02 Å². The van der Waals surface area contributed by atoms with E-state index >= 15 is 4.39 Å². The van der Waals surface area contributed by atoms with E-state index in [0.29, 0.717) is 47.6 Å². The lowest BCUT2D eigenvalue weighted by molar-refractivity contribution is -0.0229. The number of halogens is 2. The predicted octanol–water partition coefficient (Wildman–Crippen LogP) is 5.05. The van der Waals surface area contributed by atoms with E-state index in [1.165, 1.54) is 12.8 Å². The number of rotatable bonds is 10. The molecule has 0 radical (unpaired) electrons. The number of benzene rings is 2. The van der Waals surface area contributed by atoms with Crippen LogP contribution in [0, 0.1) is 18.7 Å². The fourth-order valence-electron chi connectivity index (χ4n) is 7.88. The molecule has 4 bridgehead atoms. The van der Waals surface area contributed by atoms with Gasteiger partial charge in [-0.1, -0.05) is 54.9 Å². The van der Waals surface area contributed by atoms with Crippen LogP contribution in [0.15, 0.2) is 41.9 Å². The second-order valence-corrected chi connectivity index (χ2v) is 14.5. The fraction of sp³-hybridized carbons (Fsp3) is 0.500. The molecule has 12 heteroatoms. The van der Waals surface area contributed by atoms with Crippen molar-refractivity contribution in [2.75, 3.05) is 44.4 Å². The minimum absolute atomic E-state index is 0.126. The van der Waals surface area contributed by atoms with E-state index in [9.17, 15) is 10.0 Å². The summed E-state index contributed by atoms with van der Waals surface area (Å²) in [5.74, 6) is 0.230. The molecule has 2 aromatic carbocycles. The second-order valence-electron chi connectivity index (χ2n) is 14.1. The van der Waals surface area contributed by atoms with Crippen LogP contribution < -0.4 is 15.0 Å². The van der Waals surface area contributed by atoms with Crippen molar-refractivity contribution in [3.63, 3.8) is 0 Å². The van der Waals surface area contributed by atoms with E-state index in [-0.39, 0.29) is 33.5 Å². The van der Waals surface area contributed by atoms with Crippen LogP contribution in [0.25, 0.3) is 22.6 Å². The Morgan fingerprint density at radius 2 is 1.85 bits per heavy atom. The molecular weight excluding hydrogens is 632 g/mol. The van der Waals surface area contributed by atoms with E-state index in [1.807, 2.05) is 31.2 Å². The van der Waals surface area contributed by atoms with Crippen LogP contribution in [-0.4, -0.2) is 95.7 Å². The fourth-order valence-corrected chi connectivity index (χ4v) is 8.22. The van der Waals surface area contributed by atoms with Crippen LogP contribution in [0.5, 0.6) is 6.01 Å². The van der Waals surface area contributed by atoms with Gasteiger partial charge in [-0.05, 0) is 67.8 Å². The Morgan fingerprint density at radius 3 is 2.54 bits per heavy atom. The van der Waals surface area contributed by atoms with Crippen LogP contribution in [0.3, 0.4) is 0 Å². The molecule has 4 aliphatic heterocycles. The number of anilines is 1. The van der Waals surface area contributed by atoms with Gasteiger partial charge in [-0.2, -0.15) is 9.97 Å². The highest BCUT2D eigenvalue weighted by molar-refractivity contribution is 6.53. The average Bonchev–Trinajstić information content (AvgIpc) is 3.49. The first-order valence-corrected chi connectivity index (χ1v) is 17.5. The lowest BCUT2D eigenvalue weighted by Gasteiger charge is -2.36. The third-order valence-electron chi connectivity index (χ3n) is 10.4. The number of piperazine rings is 1. The first-order chi connectivity index (χ1) is 23.1. The number of nitrogens with zero attached hydrogens (tertiary/aromatic N) is 4. The minimum atomic E-state index is -1.77. The molecule has 4 aliphatic rings.